The van der Waals surface area contributed by atoms with E-state index in [2.05, 4.69) is 64.9 Å². The minimum atomic E-state index is -0.622. The maximum Gasteiger partial charge on any atom is 0.261 e. The minimum Gasteiger partial charge on any atom is -0.483 e. The molecular formula is C26H34Br2N2O3. The zero-order valence-electron chi connectivity index (χ0n) is 20.1. The van der Waals surface area contributed by atoms with Crippen LogP contribution in [0.5, 0.6) is 5.75 Å². The largest absolute Gasteiger partial charge is 0.483 e. The first kappa shape index (κ1) is 27.4. The Balaban J connectivity index is 2.16. The van der Waals surface area contributed by atoms with Gasteiger partial charge in [0.2, 0.25) is 5.91 Å². The number of rotatable bonds is 10. The smallest absolute Gasteiger partial charge is 0.261 e. The molecule has 0 saturated heterocycles. The van der Waals surface area contributed by atoms with Crippen molar-refractivity contribution in [3.63, 3.8) is 0 Å². The minimum absolute atomic E-state index is 0.0121. The fourth-order valence-corrected chi connectivity index (χ4v) is 4.20. The van der Waals surface area contributed by atoms with E-state index in [1.54, 1.807) is 11.8 Å². The molecule has 0 radical (unpaired) electrons. The Labute approximate surface area is 214 Å². The quantitative estimate of drug-likeness (QED) is 0.339. The Hall–Kier alpha value is -1.86. The number of carbonyl (C=O) groups is 2. The van der Waals surface area contributed by atoms with Crippen LogP contribution in [0, 0.1) is 0 Å². The molecule has 1 atom stereocenters. The van der Waals surface area contributed by atoms with Crippen LogP contribution in [0.3, 0.4) is 0 Å². The summed E-state index contributed by atoms with van der Waals surface area (Å²) in [5, 5.41) is 2.93. The lowest BCUT2D eigenvalue weighted by molar-refractivity contribution is -0.142. The molecule has 2 aromatic carbocycles. The molecule has 0 aliphatic rings. The zero-order valence-corrected chi connectivity index (χ0v) is 23.3. The molecule has 7 heteroatoms. The number of unbranched alkanes of at least 4 members (excludes halogenated alkanes) is 1. The van der Waals surface area contributed by atoms with E-state index in [9.17, 15) is 9.59 Å². The number of hydrogen-bond donors (Lipinski definition) is 1. The summed E-state index contributed by atoms with van der Waals surface area (Å²) >= 11 is 7.03. The number of halogens is 2. The van der Waals surface area contributed by atoms with Crippen LogP contribution in [-0.2, 0) is 21.5 Å². The molecule has 2 aromatic rings. The van der Waals surface area contributed by atoms with Crippen LogP contribution >= 0.6 is 31.9 Å². The van der Waals surface area contributed by atoms with E-state index in [0.717, 1.165) is 27.4 Å². The van der Waals surface area contributed by atoms with Crippen molar-refractivity contribution < 1.29 is 14.3 Å². The van der Waals surface area contributed by atoms with Gasteiger partial charge in [-0.25, -0.2) is 0 Å². The third-order valence-corrected chi connectivity index (χ3v) is 6.50. The average Bonchev–Trinajstić information content (AvgIpc) is 2.75. The first-order valence-electron chi connectivity index (χ1n) is 11.3. The van der Waals surface area contributed by atoms with E-state index >= 15 is 0 Å². The summed E-state index contributed by atoms with van der Waals surface area (Å²) in [5.74, 6) is 0.182. The summed E-state index contributed by atoms with van der Waals surface area (Å²) in [6, 6.07) is 13.0. The molecule has 1 unspecified atom stereocenters. The van der Waals surface area contributed by atoms with Gasteiger partial charge in [-0.05, 0) is 70.1 Å². The van der Waals surface area contributed by atoms with Crippen molar-refractivity contribution >= 4 is 43.7 Å². The van der Waals surface area contributed by atoms with Crippen LogP contribution < -0.4 is 10.1 Å². The molecule has 0 bridgehead atoms. The summed E-state index contributed by atoms with van der Waals surface area (Å²) in [4.78, 5) is 27.5. The predicted octanol–water partition coefficient (Wildman–Crippen LogP) is 6.22. The van der Waals surface area contributed by atoms with Crippen LogP contribution in [0.15, 0.2) is 51.4 Å². The molecule has 2 amide bonds. The topological polar surface area (TPSA) is 58.6 Å². The van der Waals surface area contributed by atoms with Crippen molar-refractivity contribution in [2.45, 2.75) is 65.5 Å². The number of ether oxygens (including phenoxy) is 1. The maximum absolute atomic E-state index is 13.2. The highest BCUT2D eigenvalue weighted by molar-refractivity contribution is 9.10. The standard InChI is InChI=1S/C26H34Br2N2O3/c1-6-7-13-29-25(32)18(2)30(16-19-9-8-10-21(27)14-19)24(31)17-33-23-12-11-20(15-22(23)28)26(3,4)5/h8-12,14-15,18H,6-7,13,16-17H2,1-5H3,(H,29,32). The van der Waals surface area contributed by atoms with E-state index in [4.69, 9.17) is 4.74 Å². The Morgan fingerprint density at radius 2 is 1.85 bits per heavy atom. The highest BCUT2D eigenvalue weighted by Crippen LogP contribution is 2.31. The van der Waals surface area contributed by atoms with Gasteiger partial charge in [-0.2, -0.15) is 0 Å². The van der Waals surface area contributed by atoms with Crippen LogP contribution in [0.2, 0.25) is 0 Å². The Morgan fingerprint density at radius 1 is 1.12 bits per heavy atom. The maximum atomic E-state index is 13.2. The molecule has 0 aliphatic carbocycles. The van der Waals surface area contributed by atoms with E-state index in [1.807, 2.05) is 42.5 Å². The first-order chi connectivity index (χ1) is 15.5. The molecule has 0 spiro atoms. The van der Waals surface area contributed by atoms with Crippen molar-refractivity contribution in [2.75, 3.05) is 13.2 Å². The van der Waals surface area contributed by atoms with Crippen LogP contribution in [0.1, 0.15) is 58.6 Å². The molecule has 2 rings (SSSR count). The van der Waals surface area contributed by atoms with Gasteiger partial charge in [-0.1, -0.05) is 68.2 Å². The van der Waals surface area contributed by atoms with Crippen molar-refractivity contribution in [3.05, 3.63) is 62.5 Å². The van der Waals surface area contributed by atoms with Crippen molar-refractivity contribution in [3.8, 4) is 5.75 Å². The first-order valence-corrected chi connectivity index (χ1v) is 12.9. The summed E-state index contributed by atoms with van der Waals surface area (Å²) in [6.45, 7) is 11.0. The van der Waals surface area contributed by atoms with Gasteiger partial charge in [-0.3, -0.25) is 9.59 Å². The zero-order chi connectivity index (χ0) is 24.6. The van der Waals surface area contributed by atoms with E-state index < -0.39 is 6.04 Å². The SMILES string of the molecule is CCCCNC(=O)C(C)N(Cc1cccc(Br)c1)C(=O)COc1ccc(C(C)(C)C)cc1Br. The summed E-state index contributed by atoms with van der Waals surface area (Å²) < 4.78 is 7.58. The predicted molar refractivity (Wildman–Crippen MR) is 140 cm³/mol. The number of hydrogen-bond acceptors (Lipinski definition) is 3. The summed E-state index contributed by atoms with van der Waals surface area (Å²) in [7, 11) is 0. The number of carbonyl (C=O) groups excluding carboxylic acids is 2. The van der Waals surface area contributed by atoms with Gasteiger partial charge in [0, 0.05) is 17.6 Å². The molecule has 33 heavy (non-hydrogen) atoms. The lowest BCUT2D eigenvalue weighted by Crippen LogP contribution is -2.49. The molecule has 5 nitrogen and oxygen atoms in total. The second kappa shape index (κ2) is 12.6. The number of nitrogens with zero attached hydrogens (tertiary/aromatic N) is 1. The normalized spacial score (nSPS) is 12.2. The van der Waals surface area contributed by atoms with Crippen molar-refractivity contribution in [2.24, 2.45) is 0 Å². The van der Waals surface area contributed by atoms with Crippen molar-refractivity contribution in [1.82, 2.24) is 10.2 Å². The fraction of sp³-hybridized carbons (Fsp3) is 0.462. The van der Waals surface area contributed by atoms with Crippen LogP contribution in [0.4, 0.5) is 0 Å². The Bertz CT molecular complexity index is 957. The molecule has 180 valence electrons. The number of amides is 2. The third kappa shape index (κ3) is 8.45. The van der Waals surface area contributed by atoms with Gasteiger partial charge in [0.1, 0.15) is 11.8 Å². The van der Waals surface area contributed by atoms with Crippen LogP contribution in [0.25, 0.3) is 0 Å². The fourth-order valence-electron chi connectivity index (χ4n) is 3.26. The number of benzene rings is 2. The number of nitrogens with one attached hydrogen (secondary N) is 1. The second-order valence-corrected chi connectivity index (χ2v) is 10.9. The Kier molecular flexibility index (Phi) is 10.4. The van der Waals surface area contributed by atoms with Gasteiger partial charge < -0.3 is 15.0 Å². The molecule has 0 aliphatic heterocycles. The third-order valence-electron chi connectivity index (χ3n) is 5.39. The summed E-state index contributed by atoms with van der Waals surface area (Å²) in [6.07, 6.45) is 1.89. The highest BCUT2D eigenvalue weighted by atomic mass is 79.9. The molecule has 0 saturated carbocycles. The van der Waals surface area contributed by atoms with Crippen molar-refractivity contribution in [1.29, 1.82) is 0 Å². The highest BCUT2D eigenvalue weighted by Gasteiger charge is 2.26. The molecule has 0 heterocycles. The molecule has 0 aromatic heterocycles. The van der Waals surface area contributed by atoms with E-state index in [-0.39, 0.29) is 23.8 Å². The van der Waals surface area contributed by atoms with Crippen LogP contribution in [-0.4, -0.2) is 35.9 Å². The molecular weight excluding hydrogens is 548 g/mol. The van der Waals surface area contributed by atoms with E-state index in [1.165, 1.54) is 5.56 Å². The molecule has 1 N–H and O–H groups in total. The van der Waals surface area contributed by atoms with Gasteiger partial charge in [0.15, 0.2) is 6.61 Å². The Morgan fingerprint density at radius 3 is 2.45 bits per heavy atom. The van der Waals surface area contributed by atoms with Gasteiger partial charge in [0.25, 0.3) is 5.91 Å². The van der Waals surface area contributed by atoms with Gasteiger partial charge in [0.05, 0.1) is 4.47 Å². The monoisotopic (exact) mass is 580 g/mol. The second-order valence-electron chi connectivity index (χ2n) is 9.16. The molecule has 0 fully saturated rings. The van der Waals surface area contributed by atoms with Gasteiger partial charge >= 0.3 is 0 Å². The average molecular weight is 582 g/mol. The lowest BCUT2D eigenvalue weighted by atomic mass is 9.87. The lowest BCUT2D eigenvalue weighted by Gasteiger charge is -2.29. The summed E-state index contributed by atoms with van der Waals surface area (Å²) in [5.41, 5.74) is 2.11. The van der Waals surface area contributed by atoms with Gasteiger partial charge in [-0.15, -0.1) is 0 Å². The van der Waals surface area contributed by atoms with E-state index in [0.29, 0.717) is 18.8 Å².